The number of oxime groups is 1. The van der Waals surface area contributed by atoms with Crippen molar-refractivity contribution >= 4 is 40.5 Å². The number of carbonyl (C=O) groups is 1. The third-order valence-corrected chi connectivity index (χ3v) is 5.20. The van der Waals surface area contributed by atoms with Gasteiger partial charge in [0.25, 0.3) is 5.60 Å². The second-order valence-electron chi connectivity index (χ2n) is 7.16. The normalized spacial score (nSPS) is 18.6. The Morgan fingerprint density at radius 2 is 1.73 bits per heavy atom. The number of aliphatic hydroxyl groups is 1. The number of amides is 1. The zero-order chi connectivity index (χ0) is 24.6. The molecule has 1 aliphatic rings. The number of hydrogen-bond acceptors (Lipinski definition) is 4. The highest BCUT2D eigenvalue weighted by Crippen LogP contribution is 2.49. The highest BCUT2D eigenvalue weighted by molar-refractivity contribution is 6.34. The Kier molecular flexibility index (Phi) is 6.88. The summed E-state index contributed by atoms with van der Waals surface area (Å²) >= 11 is 11.7. The van der Waals surface area contributed by atoms with Crippen LogP contribution in [0.3, 0.4) is 0 Å². The highest BCUT2D eigenvalue weighted by Gasteiger charge is 2.62. The number of halogens is 8. The molecule has 1 atom stereocenters. The number of benzene rings is 2. The van der Waals surface area contributed by atoms with Crippen molar-refractivity contribution < 1.29 is 41.1 Å². The van der Waals surface area contributed by atoms with Gasteiger partial charge in [0.1, 0.15) is 6.42 Å². The molecule has 178 valence electrons. The van der Waals surface area contributed by atoms with E-state index in [0.717, 1.165) is 18.2 Å². The van der Waals surface area contributed by atoms with Gasteiger partial charge in [-0.2, -0.15) is 26.3 Å². The number of alkyl halides is 6. The van der Waals surface area contributed by atoms with E-state index in [-0.39, 0.29) is 32.6 Å². The van der Waals surface area contributed by atoms with E-state index in [1.165, 1.54) is 18.2 Å². The Labute approximate surface area is 192 Å². The van der Waals surface area contributed by atoms with Gasteiger partial charge in [-0.3, -0.25) is 4.79 Å². The van der Waals surface area contributed by atoms with Crippen LogP contribution < -0.4 is 5.32 Å². The number of aliphatic hydroxyl groups excluding tert-OH is 1. The molecule has 0 bridgehead atoms. The highest BCUT2D eigenvalue weighted by atomic mass is 35.5. The van der Waals surface area contributed by atoms with E-state index in [1.807, 2.05) is 5.32 Å². The lowest BCUT2D eigenvalue weighted by Gasteiger charge is -2.29. The lowest BCUT2D eigenvalue weighted by atomic mass is 9.86. The monoisotopic (exact) mass is 514 g/mol. The standard InChI is InChI=1S/C20H14Cl2F6N2O3/c21-13-4-12(5-14(22)6-13)18(20(26,27)28)7-16(30-33-18)10-1-2-11(9-31)15(3-10)29-17(32)8-19(23,24)25/h1-6,31H,7-9H2,(H,29,32). The molecule has 0 radical (unpaired) electrons. The molecule has 1 unspecified atom stereocenters. The lowest BCUT2D eigenvalue weighted by Crippen LogP contribution is -2.42. The van der Waals surface area contributed by atoms with Crippen LogP contribution in [0.5, 0.6) is 0 Å². The average molecular weight is 515 g/mol. The zero-order valence-electron chi connectivity index (χ0n) is 16.3. The van der Waals surface area contributed by atoms with Gasteiger partial charge in [0.05, 0.1) is 12.3 Å². The van der Waals surface area contributed by atoms with Crippen molar-refractivity contribution in [1.82, 2.24) is 0 Å². The fourth-order valence-corrected chi connectivity index (χ4v) is 3.76. The molecular formula is C20H14Cl2F6N2O3. The number of carbonyl (C=O) groups excluding carboxylic acids is 1. The van der Waals surface area contributed by atoms with Crippen LogP contribution >= 0.6 is 23.2 Å². The molecule has 5 nitrogen and oxygen atoms in total. The Hall–Kier alpha value is -2.50. The van der Waals surface area contributed by atoms with Crippen molar-refractivity contribution in [3.63, 3.8) is 0 Å². The second kappa shape index (κ2) is 9.03. The topological polar surface area (TPSA) is 70.9 Å². The van der Waals surface area contributed by atoms with E-state index in [2.05, 4.69) is 5.16 Å². The van der Waals surface area contributed by atoms with Gasteiger partial charge in [-0.15, -0.1) is 0 Å². The van der Waals surface area contributed by atoms with Crippen LogP contribution in [0.2, 0.25) is 10.0 Å². The fraction of sp³-hybridized carbons (Fsp3) is 0.300. The summed E-state index contributed by atoms with van der Waals surface area (Å²) in [6.45, 7) is -0.640. The maximum atomic E-state index is 14.1. The molecule has 0 fully saturated rings. The molecule has 3 rings (SSSR count). The van der Waals surface area contributed by atoms with Crippen molar-refractivity contribution in [2.75, 3.05) is 5.32 Å². The van der Waals surface area contributed by atoms with Gasteiger partial charge >= 0.3 is 12.4 Å². The van der Waals surface area contributed by atoms with Crippen molar-refractivity contribution in [3.8, 4) is 0 Å². The van der Waals surface area contributed by atoms with E-state index >= 15 is 0 Å². The first-order chi connectivity index (χ1) is 15.2. The Bertz CT molecular complexity index is 1080. The van der Waals surface area contributed by atoms with Gasteiger partial charge in [0.2, 0.25) is 5.91 Å². The summed E-state index contributed by atoms with van der Waals surface area (Å²) in [7, 11) is 0. The lowest BCUT2D eigenvalue weighted by molar-refractivity contribution is -0.275. The minimum Gasteiger partial charge on any atom is -0.392 e. The molecule has 0 spiro atoms. The van der Waals surface area contributed by atoms with Crippen LogP contribution in [0.4, 0.5) is 32.0 Å². The summed E-state index contributed by atoms with van der Waals surface area (Å²) in [5.41, 5.74) is -3.61. The summed E-state index contributed by atoms with van der Waals surface area (Å²) in [5.74, 6) is -1.41. The number of nitrogens with one attached hydrogen (secondary N) is 1. The Morgan fingerprint density at radius 3 is 2.27 bits per heavy atom. The number of nitrogens with zero attached hydrogens (tertiary/aromatic N) is 1. The molecule has 1 aliphatic heterocycles. The van der Waals surface area contributed by atoms with Gasteiger partial charge in [-0.25, -0.2) is 0 Å². The van der Waals surface area contributed by atoms with Crippen LogP contribution in [0, 0.1) is 0 Å². The van der Waals surface area contributed by atoms with Crippen molar-refractivity contribution in [3.05, 3.63) is 63.1 Å². The maximum Gasteiger partial charge on any atom is 0.435 e. The first-order valence-corrected chi connectivity index (χ1v) is 9.89. The predicted octanol–water partition coefficient (Wildman–Crippen LogP) is 5.96. The molecule has 0 saturated carbocycles. The maximum absolute atomic E-state index is 14.1. The molecule has 2 aromatic carbocycles. The van der Waals surface area contributed by atoms with Gasteiger partial charge in [-0.1, -0.05) is 40.5 Å². The summed E-state index contributed by atoms with van der Waals surface area (Å²) in [4.78, 5) is 16.5. The predicted molar refractivity (Wildman–Crippen MR) is 108 cm³/mol. The number of anilines is 1. The smallest absolute Gasteiger partial charge is 0.392 e. The zero-order valence-corrected chi connectivity index (χ0v) is 17.8. The SMILES string of the molecule is O=C(CC(F)(F)F)Nc1cc(C2=NOC(c3cc(Cl)cc(Cl)c3)(C(F)(F)F)C2)ccc1CO. The minimum atomic E-state index is -4.94. The summed E-state index contributed by atoms with van der Waals surface area (Å²) < 4.78 is 79.7. The van der Waals surface area contributed by atoms with E-state index < -0.39 is 48.9 Å². The first-order valence-electron chi connectivity index (χ1n) is 9.13. The molecular weight excluding hydrogens is 501 g/mol. The van der Waals surface area contributed by atoms with Gasteiger partial charge in [0.15, 0.2) is 0 Å². The summed E-state index contributed by atoms with van der Waals surface area (Å²) in [5, 5.41) is 14.9. The van der Waals surface area contributed by atoms with Crippen molar-refractivity contribution in [2.45, 2.75) is 37.4 Å². The second-order valence-corrected chi connectivity index (χ2v) is 8.03. The van der Waals surface area contributed by atoms with Gasteiger partial charge in [-0.05, 0) is 24.3 Å². The third-order valence-electron chi connectivity index (χ3n) is 4.76. The fourth-order valence-electron chi connectivity index (χ4n) is 3.23. The van der Waals surface area contributed by atoms with E-state index in [4.69, 9.17) is 28.0 Å². The molecule has 1 amide bonds. The molecule has 2 aromatic rings. The molecule has 0 saturated heterocycles. The Balaban J connectivity index is 1.95. The molecule has 2 N–H and O–H groups in total. The molecule has 0 aromatic heterocycles. The van der Waals surface area contributed by atoms with E-state index in [1.54, 1.807) is 0 Å². The molecule has 0 aliphatic carbocycles. The molecule has 33 heavy (non-hydrogen) atoms. The minimum absolute atomic E-state index is 0.0359. The average Bonchev–Trinajstić information content (AvgIpc) is 3.12. The third kappa shape index (κ3) is 5.53. The largest absolute Gasteiger partial charge is 0.435 e. The summed E-state index contributed by atoms with van der Waals surface area (Å²) in [6, 6.07) is 6.97. The quantitative estimate of drug-likeness (QED) is 0.483. The van der Waals surface area contributed by atoms with Gasteiger partial charge in [0, 0.05) is 38.8 Å². The van der Waals surface area contributed by atoms with Crippen LogP contribution in [-0.2, 0) is 21.8 Å². The molecule has 13 heteroatoms. The van der Waals surface area contributed by atoms with E-state index in [0.29, 0.717) is 0 Å². The van der Waals surface area contributed by atoms with Crippen molar-refractivity contribution in [1.29, 1.82) is 0 Å². The first kappa shape index (κ1) is 25.1. The van der Waals surface area contributed by atoms with Crippen LogP contribution in [0.25, 0.3) is 0 Å². The number of hydrogen-bond donors (Lipinski definition) is 2. The van der Waals surface area contributed by atoms with Crippen LogP contribution in [0.15, 0.2) is 41.6 Å². The molecule has 1 heterocycles. The van der Waals surface area contributed by atoms with Gasteiger partial charge < -0.3 is 15.3 Å². The number of rotatable bonds is 5. The van der Waals surface area contributed by atoms with Crippen LogP contribution in [0.1, 0.15) is 29.5 Å². The van der Waals surface area contributed by atoms with E-state index in [9.17, 15) is 36.2 Å². The van der Waals surface area contributed by atoms with Crippen molar-refractivity contribution in [2.24, 2.45) is 5.16 Å². The Morgan fingerprint density at radius 1 is 1.09 bits per heavy atom. The van der Waals surface area contributed by atoms with Crippen LogP contribution in [-0.4, -0.2) is 29.1 Å². The summed E-state index contributed by atoms with van der Waals surface area (Å²) in [6.07, 6.45) is -12.3.